The van der Waals surface area contributed by atoms with Gasteiger partial charge in [0.2, 0.25) is 0 Å². The first-order valence-corrected chi connectivity index (χ1v) is 11.1. The summed E-state index contributed by atoms with van der Waals surface area (Å²) in [6.45, 7) is 5.75. The van der Waals surface area contributed by atoms with Crippen LogP contribution >= 0.6 is 0 Å². The number of fused-ring (bicyclic) bond motifs is 1. The summed E-state index contributed by atoms with van der Waals surface area (Å²) in [7, 11) is 0. The summed E-state index contributed by atoms with van der Waals surface area (Å²) in [4.78, 5) is 24.4. The number of piperidine rings is 1. The summed E-state index contributed by atoms with van der Waals surface area (Å²) in [5.41, 5.74) is 3.98. The maximum absolute atomic E-state index is 13.0. The summed E-state index contributed by atoms with van der Waals surface area (Å²) < 4.78 is 3.74. The SMILES string of the molecule is Cc1ccc(-n2nccc2-c2nc(C(=O)NCCN3CCCCC3)c3cnccn23)cc1. The summed E-state index contributed by atoms with van der Waals surface area (Å²) in [5.74, 6) is 0.474. The van der Waals surface area contributed by atoms with Crippen molar-refractivity contribution in [2.75, 3.05) is 26.2 Å². The molecule has 3 aromatic heterocycles. The van der Waals surface area contributed by atoms with Crippen molar-refractivity contribution in [1.82, 2.24) is 34.4 Å². The van der Waals surface area contributed by atoms with E-state index in [1.165, 1.54) is 24.8 Å². The molecular formula is C24H27N7O. The van der Waals surface area contributed by atoms with Gasteiger partial charge in [0.05, 0.1) is 23.6 Å². The molecule has 0 radical (unpaired) electrons. The Morgan fingerprint density at radius 3 is 2.69 bits per heavy atom. The van der Waals surface area contributed by atoms with Crippen molar-refractivity contribution < 1.29 is 4.79 Å². The molecule has 0 unspecified atom stereocenters. The van der Waals surface area contributed by atoms with Crippen LogP contribution in [0.3, 0.4) is 0 Å². The molecule has 1 N–H and O–H groups in total. The fraction of sp³-hybridized carbons (Fsp3) is 0.333. The Balaban J connectivity index is 1.43. The van der Waals surface area contributed by atoms with E-state index in [0.29, 0.717) is 23.6 Å². The number of imidazole rings is 1. The van der Waals surface area contributed by atoms with Crippen molar-refractivity contribution >= 4 is 11.4 Å². The summed E-state index contributed by atoms with van der Waals surface area (Å²) in [5, 5.41) is 7.54. The Morgan fingerprint density at radius 1 is 1.06 bits per heavy atom. The Kier molecular flexibility index (Phi) is 5.68. The number of benzene rings is 1. The Bertz CT molecular complexity index is 1220. The third kappa shape index (κ3) is 4.01. The van der Waals surface area contributed by atoms with E-state index >= 15 is 0 Å². The summed E-state index contributed by atoms with van der Waals surface area (Å²) >= 11 is 0. The van der Waals surface area contributed by atoms with E-state index in [4.69, 9.17) is 4.98 Å². The first-order chi connectivity index (χ1) is 15.7. The zero-order valence-electron chi connectivity index (χ0n) is 18.2. The van der Waals surface area contributed by atoms with Crippen LogP contribution in [0.5, 0.6) is 0 Å². The van der Waals surface area contributed by atoms with Crippen LogP contribution in [0.2, 0.25) is 0 Å². The van der Waals surface area contributed by atoms with Crippen LogP contribution in [0.4, 0.5) is 0 Å². The predicted molar refractivity (Wildman–Crippen MR) is 123 cm³/mol. The normalized spacial score (nSPS) is 14.7. The minimum absolute atomic E-state index is 0.180. The molecule has 5 rings (SSSR count). The van der Waals surface area contributed by atoms with Gasteiger partial charge in [0.1, 0.15) is 5.69 Å². The smallest absolute Gasteiger partial charge is 0.272 e. The molecule has 0 bridgehead atoms. The molecule has 8 heteroatoms. The van der Waals surface area contributed by atoms with E-state index in [9.17, 15) is 4.79 Å². The Morgan fingerprint density at radius 2 is 1.88 bits per heavy atom. The van der Waals surface area contributed by atoms with Gasteiger partial charge in [0.25, 0.3) is 5.91 Å². The second kappa shape index (κ2) is 8.92. The van der Waals surface area contributed by atoms with Gasteiger partial charge in [-0.3, -0.25) is 14.2 Å². The molecule has 1 fully saturated rings. The number of nitrogens with one attached hydrogen (secondary N) is 1. The van der Waals surface area contributed by atoms with Gasteiger partial charge >= 0.3 is 0 Å². The molecule has 4 aromatic rings. The van der Waals surface area contributed by atoms with Crippen molar-refractivity contribution in [3.63, 3.8) is 0 Å². The van der Waals surface area contributed by atoms with Crippen LogP contribution in [0.1, 0.15) is 35.3 Å². The number of hydrogen-bond acceptors (Lipinski definition) is 5. The highest BCUT2D eigenvalue weighted by Gasteiger charge is 2.21. The molecule has 1 aromatic carbocycles. The van der Waals surface area contributed by atoms with Crippen LogP contribution in [-0.2, 0) is 0 Å². The fourth-order valence-electron chi connectivity index (χ4n) is 4.24. The van der Waals surface area contributed by atoms with Crippen molar-refractivity contribution in [1.29, 1.82) is 0 Å². The van der Waals surface area contributed by atoms with Gasteiger partial charge in [-0.25, -0.2) is 9.67 Å². The Labute approximate surface area is 186 Å². The standard InChI is InChI=1S/C24H27N7O/c1-18-5-7-19(8-6-18)31-20(9-10-27-31)23-28-22(21-17-25-11-16-30(21)23)24(32)26-12-15-29-13-3-2-4-14-29/h5-11,16-17H,2-4,12-15H2,1H3,(H,26,32). The van der Waals surface area contributed by atoms with E-state index in [1.807, 2.05) is 33.5 Å². The molecule has 0 atom stereocenters. The maximum atomic E-state index is 13.0. The number of amides is 1. The van der Waals surface area contributed by atoms with Gasteiger partial charge in [-0.2, -0.15) is 5.10 Å². The van der Waals surface area contributed by atoms with Crippen LogP contribution < -0.4 is 5.32 Å². The fourth-order valence-corrected chi connectivity index (χ4v) is 4.24. The van der Waals surface area contributed by atoms with E-state index < -0.39 is 0 Å². The molecular weight excluding hydrogens is 402 g/mol. The molecule has 8 nitrogen and oxygen atoms in total. The van der Waals surface area contributed by atoms with Gasteiger partial charge in [0, 0.05) is 25.5 Å². The van der Waals surface area contributed by atoms with E-state index in [2.05, 4.69) is 39.4 Å². The van der Waals surface area contributed by atoms with Gasteiger partial charge in [-0.05, 0) is 51.1 Å². The van der Waals surface area contributed by atoms with Crippen molar-refractivity contribution in [2.45, 2.75) is 26.2 Å². The highest BCUT2D eigenvalue weighted by Crippen LogP contribution is 2.25. The minimum Gasteiger partial charge on any atom is -0.349 e. The third-order valence-corrected chi connectivity index (χ3v) is 5.97. The topological polar surface area (TPSA) is 80.3 Å². The van der Waals surface area contributed by atoms with Crippen molar-refractivity contribution in [2.24, 2.45) is 0 Å². The molecule has 164 valence electrons. The molecule has 1 aliphatic heterocycles. The molecule has 0 saturated carbocycles. The number of hydrogen-bond donors (Lipinski definition) is 1. The second-order valence-electron chi connectivity index (χ2n) is 8.24. The minimum atomic E-state index is -0.180. The van der Waals surface area contributed by atoms with Gasteiger partial charge < -0.3 is 10.2 Å². The summed E-state index contributed by atoms with van der Waals surface area (Å²) in [6.07, 6.45) is 10.7. The quantitative estimate of drug-likeness (QED) is 0.509. The average Bonchev–Trinajstić information content (AvgIpc) is 3.45. The molecule has 1 amide bonds. The first kappa shape index (κ1) is 20.4. The van der Waals surface area contributed by atoms with Crippen LogP contribution in [0.25, 0.3) is 22.7 Å². The van der Waals surface area contributed by atoms with Gasteiger partial charge in [-0.1, -0.05) is 24.1 Å². The number of aryl methyl sites for hydroxylation is 1. The van der Waals surface area contributed by atoms with Crippen molar-refractivity contribution in [3.8, 4) is 17.2 Å². The highest BCUT2D eigenvalue weighted by atomic mass is 16.1. The number of carbonyl (C=O) groups excluding carboxylic acids is 1. The first-order valence-electron chi connectivity index (χ1n) is 11.1. The zero-order valence-corrected chi connectivity index (χ0v) is 18.2. The lowest BCUT2D eigenvalue weighted by atomic mass is 10.1. The lowest BCUT2D eigenvalue weighted by Gasteiger charge is -2.26. The molecule has 0 spiro atoms. The van der Waals surface area contributed by atoms with Crippen LogP contribution in [0, 0.1) is 6.92 Å². The van der Waals surface area contributed by atoms with E-state index in [1.54, 1.807) is 18.6 Å². The number of rotatable bonds is 6. The summed E-state index contributed by atoms with van der Waals surface area (Å²) in [6, 6.07) is 10.1. The number of likely N-dealkylation sites (tertiary alicyclic amines) is 1. The second-order valence-corrected chi connectivity index (χ2v) is 8.24. The molecule has 0 aliphatic carbocycles. The number of carbonyl (C=O) groups is 1. The zero-order chi connectivity index (χ0) is 21.9. The predicted octanol–water partition coefficient (Wildman–Crippen LogP) is 3.11. The van der Waals surface area contributed by atoms with Crippen LogP contribution in [0.15, 0.2) is 55.1 Å². The van der Waals surface area contributed by atoms with Gasteiger partial charge in [0.15, 0.2) is 11.5 Å². The number of nitrogens with zero attached hydrogens (tertiary/aromatic N) is 6. The molecule has 32 heavy (non-hydrogen) atoms. The monoisotopic (exact) mass is 429 g/mol. The molecule has 1 saturated heterocycles. The molecule has 1 aliphatic rings. The van der Waals surface area contributed by atoms with Crippen LogP contribution in [-0.4, -0.2) is 61.1 Å². The Hall–Kier alpha value is -3.52. The van der Waals surface area contributed by atoms with Gasteiger partial charge in [-0.15, -0.1) is 0 Å². The van der Waals surface area contributed by atoms with E-state index in [0.717, 1.165) is 31.0 Å². The number of aromatic nitrogens is 5. The maximum Gasteiger partial charge on any atom is 0.272 e. The average molecular weight is 430 g/mol. The lowest BCUT2D eigenvalue weighted by Crippen LogP contribution is -2.37. The highest BCUT2D eigenvalue weighted by molar-refractivity contribution is 5.99. The molecule has 4 heterocycles. The van der Waals surface area contributed by atoms with E-state index in [-0.39, 0.29) is 5.91 Å². The lowest BCUT2D eigenvalue weighted by molar-refractivity contribution is 0.0944. The third-order valence-electron chi connectivity index (χ3n) is 5.97. The largest absolute Gasteiger partial charge is 0.349 e. The van der Waals surface area contributed by atoms with Crippen molar-refractivity contribution in [3.05, 3.63) is 66.4 Å².